The number of hydrogen-bond donors (Lipinski definition) is 0. The Balaban J connectivity index is 1.03. The first kappa shape index (κ1) is 46.8. The van der Waals surface area contributed by atoms with Crippen LogP contribution in [-0.4, -0.2) is 4.57 Å². The van der Waals surface area contributed by atoms with Crippen LogP contribution in [0.5, 0.6) is 0 Å². The van der Waals surface area contributed by atoms with Crippen molar-refractivity contribution >= 4 is 61.0 Å². The fourth-order valence-electron chi connectivity index (χ4n) is 12.9. The van der Waals surface area contributed by atoms with Crippen molar-refractivity contribution in [3.63, 3.8) is 0 Å². The van der Waals surface area contributed by atoms with Crippen LogP contribution in [0.1, 0.15) is 16.7 Å². The van der Waals surface area contributed by atoms with Gasteiger partial charge in [0.1, 0.15) is 5.54 Å². The van der Waals surface area contributed by atoms with Gasteiger partial charge in [0.15, 0.2) is 0 Å². The molecule has 0 radical (unpaired) electrons. The van der Waals surface area contributed by atoms with Crippen molar-refractivity contribution < 1.29 is 0 Å². The summed E-state index contributed by atoms with van der Waals surface area (Å²) in [6.07, 6.45) is 0. The lowest BCUT2D eigenvalue weighted by molar-refractivity contribution is 0.644. The second kappa shape index (κ2) is 19.5. The summed E-state index contributed by atoms with van der Waals surface area (Å²) in [5, 5.41) is 4.78. The summed E-state index contributed by atoms with van der Waals surface area (Å²) in [5.41, 5.74) is 20.9. The van der Waals surface area contributed by atoms with E-state index in [2.05, 4.69) is 336 Å². The second-order valence-corrected chi connectivity index (χ2v) is 20.8. The molecular formula is C77H53N3. The normalized spacial score (nSPS) is 13.6. The Labute approximate surface area is 466 Å². The minimum atomic E-state index is -0.823. The largest absolute Gasteiger partial charge is 0.323 e. The van der Waals surface area contributed by atoms with Crippen molar-refractivity contribution in [1.29, 1.82) is 0 Å². The van der Waals surface area contributed by atoms with E-state index in [0.717, 1.165) is 78.5 Å². The average molecular weight is 1020 g/mol. The fourth-order valence-corrected chi connectivity index (χ4v) is 12.9. The maximum absolute atomic E-state index is 2.60. The maximum Gasteiger partial charge on any atom is 0.122 e. The third-order valence-corrected chi connectivity index (χ3v) is 16.3. The van der Waals surface area contributed by atoms with Crippen LogP contribution in [0.25, 0.3) is 82.8 Å². The Hall–Kier alpha value is -10.5. The molecule has 1 aliphatic carbocycles. The standard InChI is InChI=1S/C77H53N3/c1-6-24-54(25-7-1)59-32-22-37-62(50-59)78(64-47-49-71-70-39-19-21-43-74(70)79(75(71)53-64)76-66(56-27-8-2-9-28-56)40-23-41-67(76)57-29-10-3-11-30-57)63-46-48-69-68-38-18-20-42-72(68)77(73(69)52-63,60-33-12-4-13-34-60)80(61-35-14-5-15-36-61)65-45-44-55-26-16-17-31-58(55)51-65/h1-53H. The van der Waals surface area contributed by atoms with Crippen LogP contribution in [0.4, 0.5) is 28.4 Å². The van der Waals surface area contributed by atoms with E-state index in [1.807, 2.05) is 0 Å². The molecule has 1 heterocycles. The molecule has 0 amide bonds. The van der Waals surface area contributed by atoms with Gasteiger partial charge in [0, 0.05) is 50.3 Å². The van der Waals surface area contributed by atoms with E-state index in [1.54, 1.807) is 0 Å². The SMILES string of the molecule is c1ccc(-c2cccc(N(c3ccc4c(c3)C(c3ccccc3)(N(c3ccccc3)c3ccc5ccccc5c3)c3ccccc3-4)c3ccc4c5ccccc5n(-c5c(-c6ccccc6)cccc5-c5ccccc5)c4c3)c2)cc1. The Morgan fingerprint density at radius 3 is 1.50 bits per heavy atom. The first-order valence-electron chi connectivity index (χ1n) is 27.6. The third kappa shape index (κ3) is 7.66. The molecule has 1 unspecified atom stereocenters. The number of para-hydroxylation sites is 3. The summed E-state index contributed by atoms with van der Waals surface area (Å²) in [6, 6.07) is 118. The van der Waals surface area contributed by atoms with Crippen LogP contribution < -0.4 is 9.80 Å². The molecule has 1 aromatic heterocycles. The molecule has 15 rings (SSSR count). The van der Waals surface area contributed by atoms with Gasteiger partial charge in [-0.2, -0.15) is 0 Å². The van der Waals surface area contributed by atoms with E-state index in [9.17, 15) is 0 Å². The molecule has 13 aromatic carbocycles. The highest BCUT2D eigenvalue weighted by Crippen LogP contribution is 2.59. The van der Waals surface area contributed by atoms with E-state index in [-0.39, 0.29) is 0 Å². The van der Waals surface area contributed by atoms with E-state index in [4.69, 9.17) is 0 Å². The number of anilines is 5. The first-order chi connectivity index (χ1) is 39.7. The molecule has 376 valence electrons. The highest BCUT2D eigenvalue weighted by atomic mass is 15.2. The van der Waals surface area contributed by atoms with Crippen molar-refractivity contribution in [3.8, 4) is 50.2 Å². The van der Waals surface area contributed by atoms with Crippen LogP contribution in [0.3, 0.4) is 0 Å². The van der Waals surface area contributed by atoms with Crippen molar-refractivity contribution in [3.05, 3.63) is 338 Å². The Kier molecular flexibility index (Phi) is 11.4. The zero-order valence-corrected chi connectivity index (χ0v) is 43.9. The molecule has 0 fully saturated rings. The molecule has 0 bridgehead atoms. The molecule has 3 heteroatoms. The number of nitrogens with zero attached hydrogens (tertiary/aromatic N) is 3. The zero-order valence-electron chi connectivity index (χ0n) is 43.9. The topological polar surface area (TPSA) is 11.4 Å². The average Bonchev–Trinajstić information content (AvgIpc) is 4.15. The monoisotopic (exact) mass is 1020 g/mol. The molecule has 0 spiro atoms. The lowest BCUT2D eigenvalue weighted by Crippen LogP contribution is -2.44. The van der Waals surface area contributed by atoms with E-state index in [1.165, 1.54) is 49.4 Å². The number of benzene rings is 13. The first-order valence-corrected chi connectivity index (χ1v) is 27.6. The van der Waals surface area contributed by atoms with E-state index < -0.39 is 5.54 Å². The van der Waals surface area contributed by atoms with Gasteiger partial charge < -0.3 is 14.4 Å². The number of aromatic nitrogens is 1. The number of rotatable bonds is 11. The van der Waals surface area contributed by atoms with Crippen LogP contribution in [0.15, 0.2) is 322 Å². The minimum Gasteiger partial charge on any atom is -0.323 e. The van der Waals surface area contributed by atoms with Crippen LogP contribution in [0.2, 0.25) is 0 Å². The summed E-state index contributed by atoms with van der Waals surface area (Å²) in [6.45, 7) is 0. The number of hydrogen-bond acceptors (Lipinski definition) is 2. The summed E-state index contributed by atoms with van der Waals surface area (Å²) in [4.78, 5) is 5.08. The van der Waals surface area contributed by atoms with Crippen molar-refractivity contribution in [1.82, 2.24) is 4.57 Å². The highest BCUT2D eigenvalue weighted by Gasteiger charge is 2.50. The van der Waals surface area contributed by atoms with Gasteiger partial charge in [0.05, 0.1) is 16.7 Å². The maximum atomic E-state index is 2.60. The summed E-state index contributed by atoms with van der Waals surface area (Å²) in [5.74, 6) is 0. The van der Waals surface area contributed by atoms with Gasteiger partial charge in [0.25, 0.3) is 0 Å². The van der Waals surface area contributed by atoms with Gasteiger partial charge in [-0.1, -0.05) is 255 Å². The fraction of sp³-hybridized carbons (Fsp3) is 0.0130. The number of fused-ring (bicyclic) bond motifs is 7. The Morgan fingerprint density at radius 1 is 0.263 bits per heavy atom. The zero-order chi connectivity index (χ0) is 53.0. The predicted octanol–water partition coefficient (Wildman–Crippen LogP) is 20.5. The van der Waals surface area contributed by atoms with Gasteiger partial charge in [-0.05, 0) is 128 Å². The smallest absolute Gasteiger partial charge is 0.122 e. The van der Waals surface area contributed by atoms with Crippen molar-refractivity contribution in [2.75, 3.05) is 9.80 Å². The van der Waals surface area contributed by atoms with Gasteiger partial charge in [-0.25, -0.2) is 0 Å². The second-order valence-electron chi connectivity index (χ2n) is 20.8. The Bertz CT molecular complexity index is 4530. The predicted molar refractivity (Wildman–Crippen MR) is 336 cm³/mol. The summed E-state index contributed by atoms with van der Waals surface area (Å²) >= 11 is 0. The van der Waals surface area contributed by atoms with Crippen molar-refractivity contribution in [2.45, 2.75) is 5.54 Å². The highest BCUT2D eigenvalue weighted by molar-refractivity contribution is 6.12. The van der Waals surface area contributed by atoms with Crippen LogP contribution >= 0.6 is 0 Å². The molecule has 3 nitrogen and oxygen atoms in total. The van der Waals surface area contributed by atoms with Crippen LogP contribution in [0, 0.1) is 0 Å². The van der Waals surface area contributed by atoms with Gasteiger partial charge in [-0.3, -0.25) is 0 Å². The van der Waals surface area contributed by atoms with Crippen molar-refractivity contribution in [2.24, 2.45) is 0 Å². The van der Waals surface area contributed by atoms with Gasteiger partial charge >= 0.3 is 0 Å². The molecule has 1 atom stereocenters. The van der Waals surface area contributed by atoms with Gasteiger partial charge in [0.2, 0.25) is 0 Å². The van der Waals surface area contributed by atoms with E-state index in [0.29, 0.717) is 0 Å². The molecular weight excluding hydrogens is 967 g/mol. The van der Waals surface area contributed by atoms with Gasteiger partial charge in [-0.15, -0.1) is 0 Å². The quantitative estimate of drug-likeness (QED) is 0.128. The summed E-state index contributed by atoms with van der Waals surface area (Å²) in [7, 11) is 0. The lowest BCUT2D eigenvalue weighted by atomic mass is 9.78. The molecule has 0 N–H and O–H groups in total. The molecule has 1 aliphatic rings. The van der Waals surface area contributed by atoms with E-state index >= 15 is 0 Å². The molecule has 80 heavy (non-hydrogen) atoms. The molecule has 14 aromatic rings. The molecule has 0 saturated heterocycles. The third-order valence-electron chi connectivity index (χ3n) is 16.3. The molecule has 0 aliphatic heterocycles. The minimum absolute atomic E-state index is 0.823. The Morgan fingerprint density at radius 2 is 0.762 bits per heavy atom. The summed E-state index contributed by atoms with van der Waals surface area (Å²) < 4.78 is 2.53. The van der Waals surface area contributed by atoms with Crippen LogP contribution in [-0.2, 0) is 5.54 Å². The lowest BCUT2D eigenvalue weighted by Gasteiger charge is -2.45. The molecule has 0 saturated carbocycles.